The van der Waals surface area contributed by atoms with Crippen molar-refractivity contribution in [1.29, 1.82) is 0 Å². The number of alkyl halides is 6. The summed E-state index contributed by atoms with van der Waals surface area (Å²) in [4.78, 5) is 29.0. The van der Waals surface area contributed by atoms with Crippen LogP contribution in [0.4, 0.5) is 37.7 Å². The van der Waals surface area contributed by atoms with Crippen LogP contribution in [0.15, 0.2) is 64.5 Å². The molecule has 32 heavy (non-hydrogen) atoms. The van der Waals surface area contributed by atoms with Crippen LogP contribution in [0, 0.1) is 0 Å². The summed E-state index contributed by atoms with van der Waals surface area (Å²) >= 11 is 0.611. The highest BCUT2D eigenvalue weighted by atomic mass is 32.2. The summed E-state index contributed by atoms with van der Waals surface area (Å²) in [5, 5.41) is -0.233. The van der Waals surface area contributed by atoms with Crippen LogP contribution in [0.5, 0.6) is 0 Å². The number of hydrogen-bond acceptors (Lipinski definition) is 5. The Morgan fingerprint density at radius 2 is 1.59 bits per heavy atom. The number of anilines is 1. The van der Waals surface area contributed by atoms with Crippen molar-refractivity contribution in [3.05, 3.63) is 70.6 Å². The molecule has 168 valence electrons. The van der Waals surface area contributed by atoms with Crippen molar-refractivity contribution in [2.45, 2.75) is 12.4 Å². The Labute approximate surface area is 181 Å². The van der Waals surface area contributed by atoms with E-state index in [4.69, 9.17) is 0 Å². The minimum Gasteiger partial charge on any atom is -0.466 e. The van der Waals surface area contributed by atoms with Crippen LogP contribution in [-0.4, -0.2) is 24.2 Å². The molecule has 12 heteroatoms. The van der Waals surface area contributed by atoms with E-state index in [2.05, 4.69) is 9.73 Å². The molecule has 5 nitrogen and oxygen atoms in total. The van der Waals surface area contributed by atoms with E-state index in [1.54, 1.807) is 0 Å². The number of hydrogen-bond donors (Lipinski definition) is 0. The lowest BCUT2D eigenvalue weighted by Crippen LogP contribution is -2.29. The van der Waals surface area contributed by atoms with Gasteiger partial charge in [-0.2, -0.15) is 26.3 Å². The number of benzene rings is 2. The van der Waals surface area contributed by atoms with E-state index >= 15 is 0 Å². The average Bonchev–Trinajstić information content (AvgIpc) is 3.01. The van der Waals surface area contributed by atoms with Gasteiger partial charge in [-0.1, -0.05) is 12.1 Å². The molecule has 1 amide bonds. The number of carbonyl (C=O) groups excluding carboxylic acids is 2. The summed E-state index contributed by atoms with van der Waals surface area (Å²) in [6.07, 6.45) is -8.53. The lowest BCUT2D eigenvalue weighted by atomic mass is 10.2. The van der Waals surface area contributed by atoms with Crippen molar-refractivity contribution in [3.8, 4) is 0 Å². The molecule has 0 unspecified atom stereocenters. The zero-order valence-corrected chi connectivity index (χ0v) is 16.8. The Balaban J connectivity index is 2.12. The summed E-state index contributed by atoms with van der Waals surface area (Å²) in [5.41, 5.74) is -2.45. The quantitative estimate of drug-likeness (QED) is 0.333. The first kappa shape index (κ1) is 23.4. The molecular formula is C20H12F6N2O3S. The number of thioether (sulfide) groups is 1. The lowest BCUT2D eigenvalue weighted by molar-refractivity contribution is -0.138. The Morgan fingerprint density at radius 3 is 2.19 bits per heavy atom. The number of carbonyl (C=O) groups is 2. The standard InChI is InChI=1S/C20H12F6N2O3S/c1-31-16(29)10-15-17(30)28(14-7-3-5-12(9-14)20(24,25)26)18(32-15)27-13-6-2-4-11(8-13)19(21,22)23/h2-10H,1H3. The fourth-order valence-electron chi connectivity index (χ4n) is 2.63. The second-order valence-corrected chi connectivity index (χ2v) is 7.27. The van der Waals surface area contributed by atoms with E-state index in [1.807, 2.05) is 0 Å². The van der Waals surface area contributed by atoms with Crippen LogP contribution in [-0.2, 0) is 26.7 Å². The number of halogens is 6. The first-order valence-corrected chi connectivity index (χ1v) is 9.47. The van der Waals surface area contributed by atoms with Gasteiger partial charge in [0.1, 0.15) is 0 Å². The number of aliphatic imine (C=N–C) groups is 1. The minimum atomic E-state index is -4.70. The van der Waals surface area contributed by atoms with Crippen LogP contribution in [0.1, 0.15) is 11.1 Å². The molecule has 0 N–H and O–H groups in total. The first-order chi connectivity index (χ1) is 14.9. The van der Waals surface area contributed by atoms with Gasteiger partial charge >= 0.3 is 18.3 Å². The Kier molecular flexibility index (Phi) is 6.35. The molecule has 1 aliphatic rings. The SMILES string of the molecule is COC(=O)C=C1SC(=Nc2cccc(C(F)(F)F)c2)N(c2cccc(C(F)(F)F)c2)C1=O. The zero-order valence-electron chi connectivity index (χ0n) is 16.0. The van der Waals surface area contributed by atoms with E-state index in [0.29, 0.717) is 17.8 Å². The van der Waals surface area contributed by atoms with Gasteiger partial charge < -0.3 is 4.74 Å². The van der Waals surface area contributed by atoms with Gasteiger partial charge in [-0.05, 0) is 48.2 Å². The molecule has 3 rings (SSSR count). The van der Waals surface area contributed by atoms with E-state index in [-0.39, 0.29) is 21.4 Å². The normalized spacial score (nSPS) is 17.3. The smallest absolute Gasteiger partial charge is 0.416 e. The highest BCUT2D eigenvalue weighted by Gasteiger charge is 2.38. The van der Waals surface area contributed by atoms with Gasteiger partial charge in [-0.3, -0.25) is 9.69 Å². The Bertz CT molecular complexity index is 1120. The summed E-state index contributed by atoms with van der Waals surface area (Å²) in [6, 6.07) is 7.65. The molecular weight excluding hydrogens is 462 g/mol. The highest BCUT2D eigenvalue weighted by molar-refractivity contribution is 8.19. The predicted octanol–water partition coefficient (Wildman–Crippen LogP) is 5.55. The summed E-state index contributed by atoms with van der Waals surface area (Å²) < 4.78 is 82.8. The third kappa shape index (κ3) is 5.13. The second-order valence-electron chi connectivity index (χ2n) is 6.26. The molecule has 0 bridgehead atoms. The molecule has 2 aromatic rings. The number of esters is 1. The Morgan fingerprint density at radius 1 is 1.00 bits per heavy atom. The van der Waals surface area contributed by atoms with Crippen molar-refractivity contribution >= 4 is 40.2 Å². The third-order valence-electron chi connectivity index (χ3n) is 4.09. The maximum Gasteiger partial charge on any atom is 0.416 e. The van der Waals surface area contributed by atoms with Crippen LogP contribution in [0.2, 0.25) is 0 Å². The molecule has 1 heterocycles. The topological polar surface area (TPSA) is 59.0 Å². The predicted molar refractivity (Wildman–Crippen MR) is 105 cm³/mol. The van der Waals surface area contributed by atoms with E-state index < -0.39 is 35.4 Å². The number of ether oxygens (including phenoxy) is 1. The molecule has 0 aliphatic carbocycles. The van der Waals surface area contributed by atoms with Gasteiger partial charge in [0.2, 0.25) is 0 Å². The van der Waals surface area contributed by atoms with Crippen LogP contribution in [0.25, 0.3) is 0 Å². The maximum absolute atomic E-state index is 13.1. The van der Waals surface area contributed by atoms with Gasteiger partial charge in [-0.25, -0.2) is 9.79 Å². The third-order valence-corrected chi connectivity index (χ3v) is 5.06. The molecule has 0 saturated carbocycles. The molecule has 1 aliphatic heterocycles. The largest absolute Gasteiger partial charge is 0.466 e. The lowest BCUT2D eigenvalue weighted by Gasteiger charge is -2.17. The number of nitrogens with zero attached hydrogens (tertiary/aromatic N) is 2. The van der Waals surface area contributed by atoms with Crippen LogP contribution < -0.4 is 4.90 Å². The summed E-state index contributed by atoms with van der Waals surface area (Å²) in [6.45, 7) is 0. The van der Waals surface area contributed by atoms with Gasteiger partial charge in [0.15, 0.2) is 5.17 Å². The fraction of sp³-hybridized carbons (Fsp3) is 0.150. The van der Waals surface area contributed by atoms with Gasteiger partial charge in [0, 0.05) is 6.08 Å². The summed E-state index contributed by atoms with van der Waals surface area (Å²) in [7, 11) is 1.06. The van der Waals surface area contributed by atoms with Gasteiger partial charge in [0.05, 0.1) is 34.5 Å². The van der Waals surface area contributed by atoms with Crippen molar-refractivity contribution in [2.75, 3.05) is 12.0 Å². The number of rotatable bonds is 3. The Hall–Kier alpha value is -3.28. The van der Waals surface area contributed by atoms with Gasteiger partial charge in [0.25, 0.3) is 5.91 Å². The summed E-state index contributed by atoms with van der Waals surface area (Å²) in [5.74, 6) is -1.78. The van der Waals surface area contributed by atoms with E-state index in [9.17, 15) is 35.9 Å². The van der Waals surface area contributed by atoms with E-state index in [0.717, 1.165) is 48.4 Å². The molecule has 1 saturated heterocycles. The molecule has 2 aromatic carbocycles. The van der Waals surface area contributed by atoms with Crippen LogP contribution in [0.3, 0.4) is 0 Å². The van der Waals surface area contributed by atoms with Gasteiger partial charge in [-0.15, -0.1) is 0 Å². The first-order valence-electron chi connectivity index (χ1n) is 8.65. The molecule has 0 atom stereocenters. The molecule has 1 fully saturated rings. The molecule has 0 radical (unpaired) electrons. The molecule has 0 aromatic heterocycles. The average molecular weight is 474 g/mol. The number of amidine groups is 1. The van der Waals surface area contributed by atoms with E-state index in [1.165, 1.54) is 12.1 Å². The van der Waals surface area contributed by atoms with Crippen molar-refractivity contribution in [3.63, 3.8) is 0 Å². The number of methoxy groups -OCH3 is 1. The van der Waals surface area contributed by atoms with Crippen LogP contribution >= 0.6 is 11.8 Å². The van der Waals surface area contributed by atoms with Crippen molar-refractivity contribution in [1.82, 2.24) is 0 Å². The maximum atomic E-state index is 13.1. The highest BCUT2D eigenvalue weighted by Crippen LogP contribution is 2.39. The monoisotopic (exact) mass is 474 g/mol. The van der Waals surface area contributed by atoms with Crippen molar-refractivity contribution in [2.24, 2.45) is 4.99 Å². The minimum absolute atomic E-state index is 0.189. The van der Waals surface area contributed by atoms with Crippen molar-refractivity contribution < 1.29 is 40.7 Å². The second kappa shape index (κ2) is 8.69. The zero-order chi connectivity index (χ0) is 23.7. The number of amides is 1. The molecule has 0 spiro atoms. The fourth-order valence-corrected chi connectivity index (χ4v) is 3.59.